The Morgan fingerprint density at radius 2 is 1.28 bits per heavy atom. The fourth-order valence-electron chi connectivity index (χ4n) is 7.10. The molecule has 1 aliphatic rings. The normalized spacial score (nSPS) is 18.5. The summed E-state index contributed by atoms with van der Waals surface area (Å²) in [5.74, 6) is 1.53. The monoisotopic (exact) mass is 650 g/mol. The third-order valence-electron chi connectivity index (χ3n) is 9.52. The second-order valence-electron chi connectivity index (χ2n) is 12.9. The second kappa shape index (κ2) is 15.2. The highest BCUT2D eigenvalue weighted by Gasteiger charge is 2.49. The Bertz CT molecular complexity index is 1490. The van der Waals surface area contributed by atoms with Gasteiger partial charge in [0, 0.05) is 6.00 Å². The van der Waals surface area contributed by atoms with E-state index in [9.17, 15) is 5.11 Å². The van der Waals surface area contributed by atoms with Gasteiger partial charge in [0.1, 0.15) is 31.1 Å². The first-order chi connectivity index (χ1) is 22.7. The Kier molecular flexibility index (Phi) is 11.3. The highest BCUT2D eigenvalue weighted by Crippen LogP contribution is 2.43. The van der Waals surface area contributed by atoms with Gasteiger partial charge in [-0.25, -0.2) is 0 Å². The molecule has 4 aromatic rings. The lowest BCUT2D eigenvalue weighted by Gasteiger charge is -2.42. The molecule has 0 spiro atoms. The minimum absolute atomic E-state index is 0.00926. The van der Waals surface area contributed by atoms with Crippen molar-refractivity contribution in [1.29, 1.82) is 0 Å². The third kappa shape index (κ3) is 7.08. The first-order valence-electron chi connectivity index (χ1n) is 16.5. The Balaban J connectivity index is 1.56. The molecule has 1 N–H and O–H groups in total. The summed E-state index contributed by atoms with van der Waals surface area (Å²) in [5.41, 5.74) is 3.34. The summed E-state index contributed by atoms with van der Waals surface area (Å²) < 4.78 is 32.0. The van der Waals surface area contributed by atoms with Crippen molar-refractivity contribution in [3.8, 4) is 11.5 Å². The number of methoxy groups -OCH3 is 2. The maximum atomic E-state index is 9.69. The van der Waals surface area contributed by atoms with Crippen molar-refractivity contribution in [2.75, 3.05) is 20.8 Å². The predicted molar refractivity (Wildman–Crippen MR) is 190 cm³/mol. The van der Waals surface area contributed by atoms with Crippen molar-refractivity contribution in [1.82, 2.24) is 0 Å². The molecule has 246 valence electrons. The van der Waals surface area contributed by atoms with E-state index in [1.165, 1.54) is 5.19 Å². The van der Waals surface area contributed by atoms with E-state index in [0.29, 0.717) is 6.42 Å². The number of aliphatic hydroxyl groups excluding tert-OH is 1. The summed E-state index contributed by atoms with van der Waals surface area (Å²) in [6, 6.07) is 34.1. The summed E-state index contributed by atoms with van der Waals surface area (Å²) >= 11 is 0. The van der Waals surface area contributed by atoms with Gasteiger partial charge in [-0.15, -0.1) is 0 Å². The van der Waals surface area contributed by atoms with E-state index < -0.39 is 26.0 Å². The molecule has 1 heterocycles. The molecule has 8 heteroatoms. The molecule has 0 saturated carbocycles. The minimum Gasteiger partial charge on any atom is -0.497 e. The molecule has 1 unspecified atom stereocenters. The number of benzene rings is 4. The zero-order chi connectivity index (χ0) is 33.6. The van der Waals surface area contributed by atoms with Crippen LogP contribution in [0.4, 0.5) is 0 Å². The Hall–Kier alpha value is -3.40. The molecule has 0 aromatic heterocycles. The molecule has 0 bridgehead atoms. The summed E-state index contributed by atoms with van der Waals surface area (Å²) in [6.45, 7) is 9.26. The van der Waals surface area contributed by atoms with Crippen LogP contribution >= 0.6 is 0 Å². The van der Waals surface area contributed by atoms with Crippen LogP contribution in [-0.2, 0) is 26.1 Å². The molecule has 3 atom stereocenters. The zero-order valence-electron chi connectivity index (χ0n) is 28.4. The fraction of sp³-hybridized carbons (Fsp3) is 0.385. The van der Waals surface area contributed by atoms with Gasteiger partial charge in [0.25, 0.3) is 0 Å². The highest BCUT2D eigenvalue weighted by molar-refractivity contribution is 6.88. The van der Waals surface area contributed by atoms with Crippen LogP contribution in [0.2, 0.25) is 11.1 Å². The molecule has 4 aromatic carbocycles. The Labute approximate surface area is 282 Å². The molecule has 1 saturated heterocycles. The van der Waals surface area contributed by atoms with Crippen molar-refractivity contribution in [3.05, 3.63) is 125 Å². The lowest BCUT2D eigenvalue weighted by atomic mass is 9.80. The highest BCUT2D eigenvalue weighted by atomic mass is 28.4. The Morgan fingerprint density at radius 3 is 1.74 bits per heavy atom. The topological polar surface area (TPSA) is 66.4 Å². The van der Waals surface area contributed by atoms with Crippen LogP contribution in [0.3, 0.4) is 0 Å². The summed E-state index contributed by atoms with van der Waals surface area (Å²) in [4.78, 5) is 0. The van der Waals surface area contributed by atoms with Gasteiger partial charge in [-0.05, 0) is 69.2 Å². The van der Waals surface area contributed by atoms with E-state index in [2.05, 4.69) is 76.2 Å². The summed E-state index contributed by atoms with van der Waals surface area (Å²) in [5, 5.41) is 10.9. The van der Waals surface area contributed by atoms with Crippen LogP contribution in [0.5, 0.6) is 11.5 Å². The molecule has 5 rings (SSSR count). The number of aliphatic hydroxyl groups is 1. The third-order valence-corrected chi connectivity index (χ3v) is 14.9. The number of rotatable bonds is 14. The number of ether oxygens (including phenoxy) is 4. The van der Waals surface area contributed by atoms with Gasteiger partial charge < -0.3 is 28.5 Å². The van der Waals surface area contributed by atoms with Gasteiger partial charge in [-0.3, -0.25) is 0 Å². The van der Waals surface area contributed by atoms with Crippen molar-refractivity contribution in [3.63, 3.8) is 0 Å². The van der Waals surface area contributed by atoms with Gasteiger partial charge in [0.2, 0.25) is 8.32 Å². The summed E-state index contributed by atoms with van der Waals surface area (Å²) in [7, 11) is 7.25. The predicted octanol–water partition coefficient (Wildman–Crippen LogP) is 6.85. The van der Waals surface area contributed by atoms with E-state index in [1.807, 2.05) is 54.6 Å². The second-order valence-corrected chi connectivity index (χ2v) is 17.6. The van der Waals surface area contributed by atoms with Crippen LogP contribution in [0.1, 0.15) is 56.4 Å². The fourth-order valence-corrected chi connectivity index (χ4v) is 11.9. The van der Waals surface area contributed by atoms with Crippen LogP contribution < -0.4 is 14.7 Å². The van der Waals surface area contributed by atoms with E-state index in [4.69, 9.17) is 31.2 Å². The van der Waals surface area contributed by atoms with E-state index in [1.54, 1.807) is 14.2 Å². The van der Waals surface area contributed by atoms with Crippen LogP contribution in [0.25, 0.3) is 0 Å². The Morgan fingerprint density at radius 1 is 0.766 bits per heavy atom. The van der Waals surface area contributed by atoms with Crippen molar-refractivity contribution >= 4 is 21.4 Å². The van der Waals surface area contributed by atoms with E-state index in [0.717, 1.165) is 33.8 Å². The van der Waals surface area contributed by atoms with Crippen LogP contribution in [-0.4, -0.2) is 60.3 Å². The SMILES string of the molecule is [B][C@H]1CC(O[Si](c2ccc(CO)cc2)(C(C)C)C(C)C)[C@@H](COC(c2ccccc2)(c2ccc(OC)cc2)c2ccc(OC)cc2)O1. The van der Waals surface area contributed by atoms with E-state index in [-0.39, 0.29) is 30.4 Å². The standard InChI is InChI=1S/C39H47BO6Si/c1-27(2)47(28(3)4,35-22-12-29(25-41)13-23-35)46-36-24-38(40)45-37(36)26-44-39(30-10-8-7-9-11-30,31-14-18-33(42-5)19-15-31)32-16-20-34(43-6)21-17-32/h7-23,27-28,36-38,41H,24-26H2,1-6H3/t36?,37-,38-/m1/s1. The molecule has 1 fully saturated rings. The van der Waals surface area contributed by atoms with Gasteiger partial charge >= 0.3 is 0 Å². The summed E-state index contributed by atoms with van der Waals surface area (Å²) in [6.07, 6.45) is -0.0924. The average molecular weight is 651 g/mol. The lowest BCUT2D eigenvalue weighted by molar-refractivity contribution is -0.0714. The molecular formula is C39H47BO6Si. The maximum absolute atomic E-state index is 9.69. The lowest BCUT2D eigenvalue weighted by Crippen LogP contribution is -2.59. The molecule has 1 aliphatic heterocycles. The number of hydrogen-bond donors (Lipinski definition) is 1. The van der Waals surface area contributed by atoms with E-state index >= 15 is 0 Å². The van der Waals surface area contributed by atoms with Crippen LogP contribution in [0.15, 0.2) is 103 Å². The largest absolute Gasteiger partial charge is 0.497 e. The smallest absolute Gasteiger partial charge is 0.229 e. The van der Waals surface area contributed by atoms with Gasteiger partial charge in [0.15, 0.2) is 0 Å². The van der Waals surface area contributed by atoms with Crippen molar-refractivity contribution in [2.24, 2.45) is 0 Å². The molecule has 6 nitrogen and oxygen atoms in total. The first kappa shape index (κ1) is 34.9. The average Bonchev–Trinajstić information content (AvgIpc) is 3.46. The zero-order valence-corrected chi connectivity index (χ0v) is 29.4. The van der Waals surface area contributed by atoms with Crippen molar-refractivity contribution in [2.45, 2.75) is 75.6 Å². The van der Waals surface area contributed by atoms with Crippen LogP contribution in [0, 0.1) is 0 Å². The number of hydrogen-bond acceptors (Lipinski definition) is 6. The minimum atomic E-state index is -2.59. The van der Waals surface area contributed by atoms with Gasteiger partial charge in [0.05, 0.1) is 33.5 Å². The molecule has 2 radical (unpaired) electrons. The van der Waals surface area contributed by atoms with Gasteiger partial charge in [-0.1, -0.05) is 107 Å². The van der Waals surface area contributed by atoms with Gasteiger partial charge in [-0.2, -0.15) is 0 Å². The van der Waals surface area contributed by atoms with Crippen molar-refractivity contribution < 1.29 is 28.5 Å². The molecule has 47 heavy (non-hydrogen) atoms. The molecular weight excluding hydrogens is 603 g/mol. The molecule has 0 aliphatic carbocycles. The quantitative estimate of drug-likeness (QED) is 0.119. The maximum Gasteiger partial charge on any atom is 0.229 e. The first-order valence-corrected chi connectivity index (χ1v) is 18.5. The molecule has 0 amide bonds.